The van der Waals surface area contributed by atoms with Gasteiger partial charge in [0.1, 0.15) is 18.0 Å². The topological polar surface area (TPSA) is 84.9 Å². The molecular formula is C26H30N2O5S. The lowest BCUT2D eigenvalue weighted by Gasteiger charge is -2.27. The number of benzene rings is 3. The highest BCUT2D eigenvalue weighted by Gasteiger charge is 2.30. The van der Waals surface area contributed by atoms with Crippen LogP contribution in [0.3, 0.4) is 0 Å². The van der Waals surface area contributed by atoms with Crippen LogP contribution in [-0.2, 0) is 14.8 Å². The van der Waals surface area contributed by atoms with E-state index in [1.807, 2.05) is 51.1 Å². The Labute approximate surface area is 201 Å². The van der Waals surface area contributed by atoms with E-state index < -0.39 is 22.5 Å². The highest BCUT2D eigenvalue weighted by Crippen LogP contribution is 2.33. The van der Waals surface area contributed by atoms with Crippen LogP contribution in [0.4, 0.5) is 5.69 Å². The number of amides is 1. The van der Waals surface area contributed by atoms with Crippen LogP contribution in [-0.4, -0.2) is 34.6 Å². The number of sulfonamides is 1. The zero-order valence-corrected chi connectivity index (χ0v) is 20.6. The quantitative estimate of drug-likeness (QED) is 0.461. The van der Waals surface area contributed by atoms with Crippen molar-refractivity contribution in [3.05, 3.63) is 83.9 Å². The fourth-order valence-corrected chi connectivity index (χ4v) is 4.98. The molecule has 1 amide bonds. The van der Waals surface area contributed by atoms with Crippen molar-refractivity contribution in [3.8, 4) is 11.5 Å². The molecule has 8 heteroatoms. The van der Waals surface area contributed by atoms with E-state index in [0.717, 1.165) is 21.2 Å². The van der Waals surface area contributed by atoms with Gasteiger partial charge in [-0.25, -0.2) is 8.42 Å². The summed E-state index contributed by atoms with van der Waals surface area (Å²) in [6.07, 6.45) is 0. The van der Waals surface area contributed by atoms with E-state index in [0.29, 0.717) is 18.0 Å². The summed E-state index contributed by atoms with van der Waals surface area (Å²) in [6.45, 7) is 5.77. The summed E-state index contributed by atoms with van der Waals surface area (Å²) in [6, 6.07) is 20.3. The Hall–Kier alpha value is -3.52. The van der Waals surface area contributed by atoms with E-state index in [2.05, 4.69) is 5.32 Å². The highest BCUT2D eigenvalue weighted by atomic mass is 32.2. The van der Waals surface area contributed by atoms with E-state index >= 15 is 0 Å². The summed E-state index contributed by atoms with van der Waals surface area (Å²) >= 11 is 0. The van der Waals surface area contributed by atoms with Gasteiger partial charge in [0.2, 0.25) is 5.91 Å². The van der Waals surface area contributed by atoms with Crippen LogP contribution in [0.15, 0.2) is 77.7 Å². The molecule has 0 radical (unpaired) electrons. The molecule has 0 aromatic heterocycles. The van der Waals surface area contributed by atoms with E-state index in [-0.39, 0.29) is 10.9 Å². The number of nitrogens with one attached hydrogen (secondary N) is 1. The Kier molecular flexibility index (Phi) is 8.17. The van der Waals surface area contributed by atoms with Crippen LogP contribution >= 0.6 is 0 Å². The van der Waals surface area contributed by atoms with Gasteiger partial charge in [0, 0.05) is 0 Å². The average molecular weight is 483 g/mol. The molecule has 0 unspecified atom stereocenters. The summed E-state index contributed by atoms with van der Waals surface area (Å²) < 4.78 is 39.1. The van der Waals surface area contributed by atoms with Gasteiger partial charge in [-0.2, -0.15) is 0 Å². The molecule has 0 aliphatic carbocycles. The van der Waals surface area contributed by atoms with Crippen LogP contribution in [0, 0.1) is 6.92 Å². The number of anilines is 1. The van der Waals surface area contributed by atoms with Crippen LogP contribution in [0.25, 0.3) is 0 Å². The van der Waals surface area contributed by atoms with E-state index in [9.17, 15) is 13.2 Å². The van der Waals surface area contributed by atoms with E-state index in [1.54, 1.807) is 30.3 Å². The molecule has 0 aliphatic heterocycles. The molecule has 0 saturated carbocycles. The number of methoxy groups -OCH3 is 1. The van der Waals surface area contributed by atoms with Crippen molar-refractivity contribution in [2.75, 3.05) is 24.6 Å². The standard InChI is InChI=1S/C26H30N2O5S/c1-5-33-22-14-12-21(13-15-22)20(3)27-26(29)18-28(24-17-19(2)11-16-25(24)32-4)34(30,31)23-9-7-6-8-10-23/h6-17,20H,5,18H2,1-4H3,(H,27,29)/t20-/m0/s1. The summed E-state index contributed by atoms with van der Waals surface area (Å²) in [5.41, 5.74) is 2.02. The largest absolute Gasteiger partial charge is 0.495 e. The van der Waals surface area contributed by atoms with Crippen molar-refractivity contribution in [2.45, 2.75) is 31.7 Å². The van der Waals surface area contributed by atoms with Crippen LogP contribution in [0.1, 0.15) is 31.0 Å². The number of nitrogens with zero attached hydrogens (tertiary/aromatic N) is 1. The molecule has 0 saturated heterocycles. The van der Waals surface area contributed by atoms with Gasteiger partial charge in [-0.3, -0.25) is 9.10 Å². The van der Waals surface area contributed by atoms with Gasteiger partial charge in [-0.05, 0) is 68.3 Å². The zero-order chi connectivity index (χ0) is 24.7. The van der Waals surface area contributed by atoms with Gasteiger partial charge in [0.15, 0.2) is 0 Å². The van der Waals surface area contributed by atoms with Crippen LogP contribution in [0.2, 0.25) is 0 Å². The fraction of sp³-hybridized carbons (Fsp3) is 0.269. The first-order chi connectivity index (χ1) is 16.3. The molecule has 7 nitrogen and oxygen atoms in total. The highest BCUT2D eigenvalue weighted by molar-refractivity contribution is 7.92. The minimum atomic E-state index is -4.03. The molecule has 1 atom stereocenters. The summed E-state index contributed by atoms with van der Waals surface area (Å²) in [4.78, 5) is 13.1. The lowest BCUT2D eigenvalue weighted by molar-refractivity contribution is -0.120. The monoisotopic (exact) mass is 482 g/mol. The Morgan fingerprint density at radius 3 is 2.32 bits per heavy atom. The number of carbonyl (C=O) groups excluding carboxylic acids is 1. The Balaban J connectivity index is 1.90. The number of carbonyl (C=O) groups is 1. The maximum Gasteiger partial charge on any atom is 0.264 e. The SMILES string of the molecule is CCOc1ccc([C@H](C)NC(=O)CN(c2cc(C)ccc2OC)S(=O)(=O)c2ccccc2)cc1. The van der Waals surface area contributed by atoms with Gasteiger partial charge in [0.25, 0.3) is 10.0 Å². The average Bonchev–Trinajstić information content (AvgIpc) is 2.83. The van der Waals surface area contributed by atoms with Crippen molar-refractivity contribution < 1.29 is 22.7 Å². The lowest BCUT2D eigenvalue weighted by Crippen LogP contribution is -2.41. The molecule has 0 aliphatic rings. The number of hydrogen-bond acceptors (Lipinski definition) is 5. The van der Waals surface area contributed by atoms with Gasteiger partial charge in [0.05, 0.1) is 30.3 Å². The number of rotatable bonds is 10. The smallest absolute Gasteiger partial charge is 0.264 e. The first-order valence-electron chi connectivity index (χ1n) is 11.0. The first kappa shape index (κ1) is 25.1. The molecular weight excluding hydrogens is 452 g/mol. The molecule has 3 aromatic carbocycles. The third-order valence-corrected chi connectivity index (χ3v) is 7.06. The van der Waals surface area contributed by atoms with Crippen molar-refractivity contribution in [1.29, 1.82) is 0 Å². The third-order valence-electron chi connectivity index (χ3n) is 5.29. The maximum atomic E-state index is 13.6. The van der Waals surface area contributed by atoms with Crippen LogP contribution < -0.4 is 19.1 Å². The Morgan fingerprint density at radius 2 is 1.71 bits per heavy atom. The predicted molar refractivity (Wildman–Crippen MR) is 133 cm³/mol. The Bertz CT molecular complexity index is 1210. The first-order valence-corrected chi connectivity index (χ1v) is 12.4. The minimum absolute atomic E-state index is 0.0888. The van der Waals surface area contributed by atoms with E-state index in [4.69, 9.17) is 9.47 Å². The third kappa shape index (κ3) is 5.88. The van der Waals surface area contributed by atoms with Crippen molar-refractivity contribution in [3.63, 3.8) is 0 Å². The zero-order valence-electron chi connectivity index (χ0n) is 19.8. The van der Waals surface area contributed by atoms with Gasteiger partial charge < -0.3 is 14.8 Å². The maximum absolute atomic E-state index is 13.6. The molecule has 1 N–H and O–H groups in total. The second-order valence-corrected chi connectivity index (χ2v) is 9.65. The summed E-state index contributed by atoms with van der Waals surface area (Å²) in [7, 11) is -2.57. The molecule has 0 heterocycles. The molecule has 3 rings (SSSR count). The minimum Gasteiger partial charge on any atom is -0.495 e. The molecule has 34 heavy (non-hydrogen) atoms. The number of ether oxygens (including phenoxy) is 2. The van der Waals surface area contributed by atoms with Gasteiger partial charge in [-0.1, -0.05) is 36.4 Å². The molecule has 180 valence electrons. The van der Waals surface area contributed by atoms with E-state index in [1.165, 1.54) is 19.2 Å². The summed E-state index contributed by atoms with van der Waals surface area (Å²) in [5, 5.41) is 2.90. The summed E-state index contributed by atoms with van der Waals surface area (Å²) in [5.74, 6) is 0.665. The number of hydrogen-bond donors (Lipinski definition) is 1. The molecule has 0 fully saturated rings. The molecule has 0 bridgehead atoms. The second-order valence-electron chi connectivity index (χ2n) is 7.79. The fourth-order valence-electron chi connectivity index (χ4n) is 3.53. The van der Waals surface area contributed by atoms with Crippen molar-refractivity contribution in [2.24, 2.45) is 0 Å². The van der Waals surface area contributed by atoms with Gasteiger partial charge in [-0.15, -0.1) is 0 Å². The Morgan fingerprint density at radius 1 is 1.03 bits per heavy atom. The lowest BCUT2D eigenvalue weighted by atomic mass is 10.1. The van der Waals surface area contributed by atoms with Crippen molar-refractivity contribution >= 4 is 21.6 Å². The molecule has 0 spiro atoms. The van der Waals surface area contributed by atoms with Crippen molar-refractivity contribution in [1.82, 2.24) is 5.32 Å². The number of aryl methyl sites for hydroxylation is 1. The molecule has 3 aromatic rings. The second kappa shape index (κ2) is 11.1. The normalized spacial score (nSPS) is 12.0. The van der Waals surface area contributed by atoms with Crippen LogP contribution in [0.5, 0.6) is 11.5 Å². The predicted octanol–water partition coefficient (Wildman–Crippen LogP) is 4.48. The van der Waals surface area contributed by atoms with Gasteiger partial charge >= 0.3 is 0 Å².